The molecule has 4 aromatic carbocycles. The Labute approximate surface area is 279 Å². The molecule has 0 saturated carbocycles. The number of nitrogens with one attached hydrogen (secondary N) is 1. The lowest BCUT2D eigenvalue weighted by Gasteiger charge is -2.35. The molecule has 0 aliphatic carbocycles. The van der Waals surface area contributed by atoms with E-state index in [0.717, 1.165) is 25.5 Å². The van der Waals surface area contributed by atoms with Crippen LogP contribution in [-0.4, -0.2) is 43.3 Å². The van der Waals surface area contributed by atoms with Crippen molar-refractivity contribution in [2.75, 3.05) is 10.8 Å². The number of benzene rings is 4. The first-order valence-electron chi connectivity index (χ1n) is 14.5. The molecule has 0 aliphatic rings. The molecular weight excluding hydrogens is 674 g/mol. The lowest BCUT2D eigenvalue weighted by Crippen LogP contribution is -2.56. The molecule has 7 nitrogen and oxygen atoms in total. The summed E-state index contributed by atoms with van der Waals surface area (Å²) in [6, 6.07) is 28.7. The predicted octanol–water partition coefficient (Wildman–Crippen LogP) is 7.16. The summed E-state index contributed by atoms with van der Waals surface area (Å²) in [5.41, 5.74) is 2.24. The molecule has 1 N–H and O–H groups in total. The Kier molecular flexibility index (Phi) is 11.1. The Morgan fingerprint density at radius 1 is 0.867 bits per heavy atom. The first-order valence-corrected chi connectivity index (χ1v) is 17.1. The predicted molar refractivity (Wildman–Crippen MR) is 184 cm³/mol. The molecule has 0 aromatic heterocycles. The van der Waals surface area contributed by atoms with E-state index in [1.54, 1.807) is 36.4 Å². The minimum atomic E-state index is -4.19. The molecule has 0 fully saturated rings. The van der Waals surface area contributed by atoms with Crippen LogP contribution in [0.4, 0.5) is 5.69 Å². The summed E-state index contributed by atoms with van der Waals surface area (Å²) in [7, 11) is -4.19. The maximum absolute atomic E-state index is 14.5. The Morgan fingerprint density at radius 3 is 2.09 bits per heavy atom. The van der Waals surface area contributed by atoms with Gasteiger partial charge in [0.05, 0.1) is 10.6 Å². The van der Waals surface area contributed by atoms with Gasteiger partial charge in [0.2, 0.25) is 11.8 Å². The molecule has 2 amide bonds. The van der Waals surface area contributed by atoms with E-state index in [1.807, 2.05) is 82.3 Å². The quantitative estimate of drug-likeness (QED) is 0.179. The van der Waals surface area contributed by atoms with Crippen LogP contribution in [0.1, 0.15) is 37.5 Å². The summed E-state index contributed by atoms with van der Waals surface area (Å²) >= 11 is 9.64. The van der Waals surface area contributed by atoms with Crippen molar-refractivity contribution in [2.45, 2.75) is 57.1 Å². The molecule has 1 atom stereocenters. The number of hydrogen-bond donors (Lipinski definition) is 1. The highest BCUT2D eigenvalue weighted by Crippen LogP contribution is 2.27. The van der Waals surface area contributed by atoms with Crippen molar-refractivity contribution in [3.63, 3.8) is 0 Å². The highest BCUT2D eigenvalue weighted by molar-refractivity contribution is 9.10. The number of amides is 2. The van der Waals surface area contributed by atoms with Crippen LogP contribution >= 0.6 is 27.5 Å². The summed E-state index contributed by atoms with van der Waals surface area (Å²) in [6.07, 6.45) is 0.230. The van der Waals surface area contributed by atoms with Crippen molar-refractivity contribution in [2.24, 2.45) is 0 Å². The molecule has 0 spiro atoms. The highest BCUT2D eigenvalue weighted by atomic mass is 79.9. The molecule has 10 heteroatoms. The second-order valence-electron chi connectivity index (χ2n) is 11.9. The first-order chi connectivity index (χ1) is 21.2. The third-order valence-corrected chi connectivity index (χ3v) is 9.55. The van der Waals surface area contributed by atoms with Gasteiger partial charge >= 0.3 is 0 Å². The zero-order valence-corrected chi connectivity index (χ0v) is 28.9. The SMILES string of the molecule is Cc1ccc(S(=O)(=O)N(CC(=O)N(Cc2cccc(Br)c2)C(Cc2ccccc2)C(=O)NC(C)(C)C)c2ccc(Cl)cc2)cc1. The van der Waals surface area contributed by atoms with E-state index in [2.05, 4.69) is 21.2 Å². The van der Waals surface area contributed by atoms with Gasteiger partial charge in [0.15, 0.2) is 0 Å². The van der Waals surface area contributed by atoms with Crippen molar-refractivity contribution in [1.82, 2.24) is 10.2 Å². The van der Waals surface area contributed by atoms with Gasteiger partial charge in [0.25, 0.3) is 10.0 Å². The van der Waals surface area contributed by atoms with Crippen molar-refractivity contribution < 1.29 is 18.0 Å². The molecule has 0 saturated heterocycles. The topological polar surface area (TPSA) is 86.8 Å². The second-order valence-corrected chi connectivity index (χ2v) is 15.1. The van der Waals surface area contributed by atoms with Gasteiger partial charge in [-0.1, -0.05) is 87.7 Å². The molecular formula is C35H37BrClN3O4S. The van der Waals surface area contributed by atoms with E-state index in [1.165, 1.54) is 17.0 Å². The van der Waals surface area contributed by atoms with Gasteiger partial charge in [-0.25, -0.2) is 8.42 Å². The van der Waals surface area contributed by atoms with Crippen LogP contribution in [0.15, 0.2) is 112 Å². The van der Waals surface area contributed by atoms with E-state index < -0.39 is 34.1 Å². The number of hydrogen-bond acceptors (Lipinski definition) is 4. The van der Waals surface area contributed by atoms with Crippen LogP contribution in [0.2, 0.25) is 5.02 Å². The molecule has 0 radical (unpaired) electrons. The van der Waals surface area contributed by atoms with Gasteiger partial charge in [-0.05, 0) is 87.4 Å². The number of nitrogens with zero attached hydrogens (tertiary/aromatic N) is 2. The van der Waals surface area contributed by atoms with E-state index >= 15 is 0 Å². The highest BCUT2D eigenvalue weighted by Gasteiger charge is 2.35. The van der Waals surface area contributed by atoms with Gasteiger partial charge in [-0.2, -0.15) is 0 Å². The number of carbonyl (C=O) groups is 2. The smallest absolute Gasteiger partial charge is 0.264 e. The minimum Gasteiger partial charge on any atom is -0.350 e. The Morgan fingerprint density at radius 2 is 1.49 bits per heavy atom. The summed E-state index contributed by atoms with van der Waals surface area (Å²) in [5.74, 6) is -0.875. The summed E-state index contributed by atoms with van der Waals surface area (Å²) < 4.78 is 30.1. The van der Waals surface area contributed by atoms with E-state index in [-0.39, 0.29) is 29.5 Å². The van der Waals surface area contributed by atoms with Crippen LogP contribution < -0.4 is 9.62 Å². The average Bonchev–Trinajstić information content (AvgIpc) is 2.98. The number of anilines is 1. The van der Waals surface area contributed by atoms with Crippen LogP contribution in [0, 0.1) is 6.92 Å². The molecule has 0 aliphatic heterocycles. The Hall–Kier alpha value is -3.66. The van der Waals surface area contributed by atoms with Gasteiger partial charge in [-0.15, -0.1) is 0 Å². The lowest BCUT2D eigenvalue weighted by atomic mass is 10.0. The summed E-state index contributed by atoms with van der Waals surface area (Å²) in [6.45, 7) is 7.03. The monoisotopic (exact) mass is 709 g/mol. The van der Waals surface area contributed by atoms with E-state index in [4.69, 9.17) is 11.6 Å². The van der Waals surface area contributed by atoms with Crippen molar-refractivity contribution in [3.8, 4) is 0 Å². The van der Waals surface area contributed by atoms with Gasteiger partial charge in [0, 0.05) is 28.0 Å². The van der Waals surface area contributed by atoms with Crippen LogP contribution in [0.25, 0.3) is 0 Å². The normalized spacial score (nSPS) is 12.3. The van der Waals surface area contributed by atoms with Gasteiger partial charge in [0.1, 0.15) is 12.6 Å². The summed E-state index contributed by atoms with van der Waals surface area (Å²) in [4.78, 5) is 30.0. The zero-order chi connectivity index (χ0) is 32.8. The average molecular weight is 711 g/mol. The number of carbonyl (C=O) groups excluding carboxylic acids is 2. The molecule has 0 heterocycles. The standard InChI is InChI=1S/C35H37BrClN3O4S/c1-25-13-19-31(20-14-25)45(43,44)40(30-17-15-29(37)16-18-30)24-33(41)39(23-27-11-8-12-28(36)21-27)32(34(42)38-35(2,3)4)22-26-9-6-5-7-10-26/h5-21,32H,22-24H2,1-4H3,(H,38,42). The number of rotatable bonds is 11. The minimum absolute atomic E-state index is 0.0423. The molecule has 4 rings (SSSR count). The maximum Gasteiger partial charge on any atom is 0.264 e. The van der Waals surface area contributed by atoms with E-state index in [0.29, 0.717) is 5.02 Å². The molecule has 45 heavy (non-hydrogen) atoms. The molecule has 4 aromatic rings. The zero-order valence-electron chi connectivity index (χ0n) is 25.7. The van der Waals surface area contributed by atoms with Crippen molar-refractivity contribution in [1.29, 1.82) is 0 Å². The summed E-state index contributed by atoms with van der Waals surface area (Å²) in [5, 5.41) is 3.46. The Balaban J connectivity index is 1.81. The van der Waals surface area contributed by atoms with E-state index in [9.17, 15) is 18.0 Å². The van der Waals surface area contributed by atoms with Crippen LogP contribution in [-0.2, 0) is 32.6 Å². The van der Waals surface area contributed by atoms with Gasteiger partial charge < -0.3 is 10.2 Å². The fraction of sp³-hybridized carbons (Fsp3) is 0.257. The Bertz CT molecular complexity index is 1730. The number of halogens is 2. The van der Waals surface area contributed by atoms with Crippen molar-refractivity contribution in [3.05, 3.63) is 129 Å². The van der Waals surface area contributed by atoms with Crippen molar-refractivity contribution >= 4 is 55.1 Å². The molecule has 236 valence electrons. The van der Waals surface area contributed by atoms with Crippen LogP contribution in [0.3, 0.4) is 0 Å². The number of sulfonamides is 1. The number of aryl methyl sites for hydroxylation is 1. The molecule has 1 unspecified atom stereocenters. The fourth-order valence-corrected chi connectivity index (χ4v) is 6.80. The largest absolute Gasteiger partial charge is 0.350 e. The molecule has 0 bridgehead atoms. The third-order valence-electron chi connectivity index (χ3n) is 7.01. The maximum atomic E-state index is 14.5. The third kappa shape index (κ3) is 9.42. The lowest BCUT2D eigenvalue weighted by molar-refractivity contribution is -0.140. The second kappa shape index (κ2) is 14.6. The fourth-order valence-electron chi connectivity index (χ4n) is 4.81. The first kappa shape index (κ1) is 34.2. The van der Waals surface area contributed by atoms with Gasteiger partial charge in [-0.3, -0.25) is 13.9 Å². The van der Waals surface area contributed by atoms with Crippen LogP contribution in [0.5, 0.6) is 0 Å².